The highest BCUT2D eigenvalue weighted by molar-refractivity contribution is 5.79. The lowest BCUT2D eigenvalue weighted by Crippen LogP contribution is -2.38. The van der Waals surface area contributed by atoms with Crippen molar-refractivity contribution in [3.05, 3.63) is 35.4 Å². The molecule has 1 heterocycles. The van der Waals surface area contributed by atoms with Gasteiger partial charge in [-0.25, -0.2) is 4.99 Å². The number of aliphatic imine (C=N–C) groups is 1. The Bertz CT molecular complexity index is 572. The van der Waals surface area contributed by atoms with Crippen LogP contribution in [0.5, 0.6) is 0 Å². The van der Waals surface area contributed by atoms with Gasteiger partial charge < -0.3 is 20.3 Å². The summed E-state index contributed by atoms with van der Waals surface area (Å²) in [5.74, 6) is 1.10. The Morgan fingerprint density at radius 3 is 2.62 bits per heavy atom. The molecule has 1 aliphatic rings. The predicted molar refractivity (Wildman–Crippen MR) is 105 cm³/mol. The molecule has 0 aromatic heterocycles. The van der Waals surface area contributed by atoms with Crippen molar-refractivity contribution < 1.29 is 9.53 Å². The zero-order valence-corrected chi connectivity index (χ0v) is 16.1. The van der Waals surface area contributed by atoms with Gasteiger partial charge in [-0.15, -0.1) is 0 Å². The van der Waals surface area contributed by atoms with Crippen LogP contribution in [0.4, 0.5) is 0 Å². The number of carbonyl (C=O) groups is 1. The zero-order chi connectivity index (χ0) is 18.6. The highest BCUT2D eigenvalue weighted by Crippen LogP contribution is 2.15. The number of carbonyl (C=O) groups excluding carboxylic acids is 1. The van der Waals surface area contributed by atoms with Gasteiger partial charge in [0.25, 0.3) is 0 Å². The fourth-order valence-corrected chi connectivity index (χ4v) is 2.88. The summed E-state index contributed by atoms with van der Waals surface area (Å²) < 4.78 is 5.35. The topological polar surface area (TPSA) is 66.0 Å². The van der Waals surface area contributed by atoms with Crippen LogP contribution in [-0.2, 0) is 22.6 Å². The first-order valence-corrected chi connectivity index (χ1v) is 9.68. The maximum absolute atomic E-state index is 11.7. The molecule has 6 nitrogen and oxygen atoms in total. The van der Waals surface area contributed by atoms with Crippen LogP contribution in [-0.4, -0.2) is 49.6 Å². The molecule has 0 unspecified atom stereocenters. The molecule has 144 valence electrons. The molecule has 2 rings (SSSR count). The van der Waals surface area contributed by atoms with Gasteiger partial charge in [0.1, 0.15) is 0 Å². The first-order chi connectivity index (χ1) is 12.7. The van der Waals surface area contributed by atoms with E-state index in [9.17, 15) is 4.79 Å². The summed E-state index contributed by atoms with van der Waals surface area (Å²) in [5.41, 5.74) is 2.34. The molecule has 1 fully saturated rings. The molecule has 0 aliphatic carbocycles. The third-order valence-electron chi connectivity index (χ3n) is 4.29. The van der Waals surface area contributed by atoms with Crippen molar-refractivity contribution in [2.45, 2.75) is 46.2 Å². The van der Waals surface area contributed by atoms with E-state index in [0.29, 0.717) is 19.5 Å². The molecule has 6 heteroatoms. The van der Waals surface area contributed by atoms with E-state index in [1.165, 1.54) is 5.56 Å². The number of nitrogens with zero attached hydrogens (tertiary/aromatic N) is 2. The highest BCUT2D eigenvalue weighted by atomic mass is 16.5. The summed E-state index contributed by atoms with van der Waals surface area (Å²) in [6, 6.07) is 8.38. The molecule has 1 amide bonds. The summed E-state index contributed by atoms with van der Waals surface area (Å²) in [6.45, 7) is 9.50. The number of hydrogen-bond donors (Lipinski definition) is 2. The Morgan fingerprint density at radius 1 is 1.19 bits per heavy atom. The largest absolute Gasteiger partial charge is 0.382 e. The molecular weight excluding hydrogens is 328 g/mol. The summed E-state index contributed by atoms with van der Waals surface area (Å²) in [5, 5.41) is 6.59. The second-order valence-electron chi connectivity index (χ2n) is 6.41. The minimum Gasteiger partial charge on any atom is -0.382 e. The molecule has 1 aliphatic heterocycles. The summed E-state index contributed by atoms with van der Waals surface area (Å²) in [6.07, 6.45) is 2.64. The quantitative estimate of drug-likeness (QED) is 0.382. The molecule has 0 spiro atoms. The second kappa shape index (κ2) is 11.5. The number of benzene rings is 1. The van der Waals surface area contributed by atoms with Crippen molar-refractivity contribution in [3.63, 3.8) is 0 Å². The van der Waals surface area contributed by atoms with Crippen molar-refractivity contribution in [1.82, 2.24) is 15.5 Å². The Morgan fingerprint density at radius 2 is 1.96 bits per heavy atom. The normalized spacial score (nSPS) is 14.8. The van der Waals surface area contributed by atoms with Gasteiger partial charge in [0.2, 0.25) is 5.91 Å². The van der Waals surface area contributed by atoms with Crippen LogP contribution in [0.15, 0.2) is 29.3 Å². The molecule has 0 saturated carbocycles. The third-order valence-corrected chi connectivity index (χ3v) is 4.29. The average Bonchev–Trinajstić information content (AvgIpc) is 3.05. The first-order valence-electron chi connectivity index (χ1n) is 9.68. The molecule has 0 radical (unpaired) electrons. The Kier molecular flexibility index (Phi) is 8.96. The lowest BCUT2D eigenvalue weighted by atomic mass is 10.1. The standard InChI is InChI=1S/C20H32N4O2/c1-3-21-20(22-12-6-14-26-4-2)23-15-17-8-10-18(11-9-17)16-24-13-5-7-19(24)25/h8-11H,3-7,12-16H2,1-2H3,(H2,21,22,23). The van der Waals surface area contributed by atoms with E-state index in [2.05, 4.69) is 46.8 Å². The molecule has 0 bridgehead atoms. The van der Waals surface area contributed by atoms with Crippen molar-refractivity contribution in [3.8, 4) is 0 Å². The van der Waals surface area contributed by atoms with Gasteiger partial charge in [-0.1, -0.05) is 24.3 Å². The molecule has 1 saturated heterocycles. The molecule has 0 atom stereocenters. The average molecular weight is 361 g/mol. The second-order valence-corrected chi connectivity index (χ2v) is 6.41. The number of likely N-dealkylation sites (tertiary alicyclic amines) is 1. The number of nitrogens with one attached hydrogen (secondary N) is 2. The monoisotopic (exact) mass is 360 g/mol. The van der Waals surface area contributed by atoms with E-state index in [1.807, 2.05) is 11.8 Å². The lowest BCUT2D eigenvalue weighted by molar-refractivity contribution is -0.128. The van der Waals surface area contributed by atoms with E-state index in [0.717, 1.165) is 57.2 Å². The van der Waals surface area contributed by atoms with Gasteiger partial charge in [0, 0.05) is 45.8 Å². The minimum atomic E-state index is 0.268. The van der Waals surface area contributed by atoms with E-state index in [1.54, 1.807) is 0 Å². The zero-order valence-electron chi connectivity index (χ0n) is 16.1. The number of hydrogen-bond acceptors (Lipinski definition) is 3. The maximum atomic E-state index is 11.7. The Balaban J connectivity index is 1.80. The minimum absolute atomic E-state index is 0.268. The van der Waals surface area contributed by atoms with E-state index < -0.39 is 0 Å². The number of ether oxygens (including phenoxy) is 1. The number of rotatable bonds is 10. The fourth-order valence-electron chi connectivity index (χ4n) is 2.88. The van der Waals surface area contributed by atoms with Crippen molar-refractivity contribution in [2.75, 3.05) is 32.8 Å². The van der Waals surface area contributed by atoms with E-state index >= 15 is 0 Å². The molecule has 2 N–H and O–H groups in total. The first kappa shape index (κ1) is 20.2. The molecular formula is C20H32N4O2. The maximum Gasteiger partial charge on any atom is 0.222 e. The summed E-state index contributed by atoms with van der Waals surface area (Å²) in [7, 11) is 0. The fraction of sp³-hybridized carbons (Fsp3) is 0.600. The van der Waals surface area contributed by atoms with Crippen molar-refractivity contribution >= 4 is 11.9 Å². The SMILES string of the molecule is CCNC(=NCc1ccc(CN2CCCC2=O)cc1)NCCCOCC. The van der Waals surface area contributed by atoms with Gasteiger partial charge in [0.05, 0.1) is 6.54 Å². The van der Waals surface area contributed by atoms with Gasteiger partial charge in [-0.05, 0) is 37.8 Å². The van der Waals surface area contributed by atoms with Crippen LogP contribution in [0.1, 0.15) is 44.2 Å². The van der Waals surface area contributed by atoms with Crippen LogP contribution in [0.2, 0.25) is 0 Å². The van der Waals surface area contributed by atoms with Gasteiger partial charge in [-0.2, -0.15) is 0 Å². The van der Waals surface area contributed by atoms with Crippen LogP contribution in [0, 0.1) is 0 Å². The molecule has 1 aromatic rings. The highest BCUT2D eigenvalue weighted by Gasteiger charge is 2.19. The summed E-state index contributed by atoms with van der Waals surface area (Å²) in [4.78, 5) is 18.3. The number of guanidine groups is 1. The predicted octanol–water partition coefficient (Wildman–Crippen LogP) is 2.29. The van der Waals surface area contributed by atoms with Crippen molar-refractivity contribution in [2.24, 2.45) is 4.99 Å². The van der Waals surface area contributed by atoms with Gasteiger partial charge in [-0.3, -0.25) is 4.79 Å². The lowest BCUT2D eigenvalue weighted by Gasteiger charge is -2.15. The van der Waals surface area contributed by atoms with Crippen LogP contribution in [0.25, 0.3) is 0 Å². The van der Waals surface area contributed by atoms with Crippen LogP contribution < -0.4 is 10.6 Å². The van der Waals surface area contributed by atoms with E-state index in [4.69, 9.17) is 4.74 Å². The van der Waals surface area contributed by atoms with Gasteiger partial charge in [0.15, 0.2) is 5.96 Å². The Hall–Kier alpha value is -2.08. The smallest absolute Gasteiger partial charge is 0.222 e. The third kappa shape index (κ3) is 7.04. The van der Waals surface area contributed by atoms with E-state index in [-0.39, 0.29) is 5.91 Å². The summed E-state index contributed by atoms with van der Waals surface area (Å²) >= 11 is 0. The molecule has 26 heavy (non-hydrogen) atoms. The van der Waals surface area contributed by atoms with Crippen molar-refractivity contribution in [1.29, 1.82) is 0 Å². The Labute approximate surface area is 157 Å². The van der Waals surface area contributed by atoms with Crippen LogP contribution in [0.3, 0.4) is 0 Å². The molecule has 1 aromatic carbocycles. The van der Waals surface area contributed by atoms with Gasteiger partial charge >= 0.3 is 0 Å². The van der Waals surface area contributed by atoms with Crippen LogP contribution >= 0.6 is 0 Å². The number of amides is 1.